The number of hydrogen-bond acceptors (Lipinski definition) is 3. The molecule has 3 N–H and O–H groups in total. The van der Waals surface area contributed by atoms with Crippen molar-refractivity contribution in [1.82, 2.24) is 25.4 Å². The van der Waals surface area contributed by atoms with Crippen LogP contribution in [0.5, 0.6) is 0 Å². The first kappa shape index (κ1) is 16.8. The highest BCUT2D eigenvalue weighted by atomic mass is 16.2. The molecule has 0 saturated heterocycles. The molecule has 7 nitrogen and oxygen atoms in total. The Morgan fingerprint density at radius 3 is 2.65 bits per heavy atom. The van der Waals surface area contributed by atoms with Crippen LogP contribution in [0.3, 0.4) is 0 Å². The third-order valence-electron chi connectivity index (χ3n) is 4.01. The van der Waals surface area contributed by atoms with Crippen LogP contribution in [0.15, 0.2) is 17.1 Å². The Morgan fingerprint density at radius 1 is 1.39 bits per heavy atom. The lowest BCUT2D eigenvalue weighted by atomic mass is 10.1. The number of aromatic amines is 1. The first-order valence-corrected chi connectivity index (χ1v) is 7.52. The normalized spacial score (nSPS) is 12.0. The third kappa shape index (κ3) is 3.80. The molecule has 7 heteroatoms. The average molecular weight is 317 g/mol. The summed E-state index contributed by atoms with van der Waals surface area (Å²) < 4.78 is 1.76. The van der Waals surface area contributed by atoms with Gasteiger partial charge in [0.15, 0.2) is 0 Å². The molecule has 124 valence electrons. The number of hydrogen-bond donors (Lipinski definition) is 3. The van der Waals surface area contributed by atoms with E-state index in [1.54, 1.807) is 10.9 Å². The minimum atomic E-state index is -0.319. The summed E-state index contributed by atoms with van der Waals surface area (Å²) in [7, 11) is 1.86. The van der Waals surface area contributed by atoms with Crippen molar-refractivity contribution in [1.29, 1.82) is 0 Å². The Kier molecular flexibility index (Phi) is 4.88. The fraction of sp³-hybridized carbons (Fsp3) is 0.438. The summed E-state index contributed by atoms with van der Waals surface area (Å²) in [5.41, 5.74) is 4.04. The van der Waals surface area contributed by atoms with Gasteiger partial charge in [-0.3, -0.25) is 9.48 Å². The molecule has 0 aromatic carbocycles. The Hall–Kier alpha value is -2.57. The Labute approximate surface area is 135 Å². The molecular formula is C16H23N5O2. The summed E-state index contributed by atoms with van der Waals surface area (Å²) in [6.45, 7) is 7.72. The maximum Gasteiger partial charge on any atom is 0.315 e. The molecule has 2 aromatic rings. The maximum absolute atomic E-state index is 12.0. The summed E-state index contributed by atoms with van der Waals surface area (Å²) in [5, 5.41) is 9.75. The molecule has 0 bridgehead atoms. The van der Waals surface area contributed by atoms with E-state index in [2.05, 4.69) is 20.7 Å². The largest absolute Gasteiger partial charge is 0.334 e. The molecular weight excluding hydrogens is 294 g/mol. The number of nitrogens with zero attached hydrogens (tertiary/aromatic N) is 2. The van der Waals surface area contributed by atoms with E-state index < -0.39 is 0 Å². The Morgan fingerprint density at radius 2 is 2.09 bits per heavy atom. The Bertz CT molecular complexity index is 775. The molecule has 2 amide bonds. The molecule has 0 saturated carbocycles. The van der Waals surface area contributed by atoms with Gasteiger partial charge in [0, 0.05) is 29.6 Å². The first-order chi connectivity index (χ1) is 10.8. The van der Waals surface area contributed by atoms with Crippen LogP contribution in [0, 0.1) is 20.8 Å². The summed E-state index contributed by atoms with van der Waals surface area (Å²) in [5.74, 6) is 0. The number of nitrogens with one attached hydrogen (secondary N) is 3. The van der Waals surface area contributed by atoms with E-state index in [0.717, 1.165) is 22.5 Å². The van der Waals surface area contributed by atoms with E-state index in [4.69, 9.17) is 0 Å². The zero-order valence-corrected chi connectivity index (χ0v) is 14.2. The smallest absolute Gasteiger partial charge is 0.315 e. The van der Waals surface area contributed by atoms with Gasteiger partial charge in [-0.15, -0.1) is 0 Å². The number of H-pyrrole nitrogens is 1. The number of aromatic nitrogens is 3. The van der Waals surface area contributed by atoms with Crippen LogP contribution in [0.2, 0.25) is 0 Å². The van der Waals surface area contributed by atoms with Crippen LogP contribution in [0.25, 0.3) is 0 Å². The minimum Gasteiger partial charge on any atom is -0.334 e. The highest BCUT2D eigenvalue weighted by Gasteiger charge is 2.15. The van der Waals surface area contributed by atoms with Crippen LogP contribution in [0.1, 0.15) is 41.0 Å². The Balaban J connectivity index is 1.98. The van der Waals surface area contributed by atoms with E-state index in [1.165, 1.54) is 0 Å². The van der Waals surface area contributed by atoms with Gasteiger partial charge in [-0.05, 0) is 39.3 Å². The van der Waals surface area contributed by atoms with E-state index >= 15 is 0 Å². The number of carbonyl (C=O) groups is 1. The number of aryl methyl sites for hydroxylation is 3. The number of amides is 2. The SMILES string of the molecule is Cc1cc(C)c(CNC(=O)NC(C)c2cnn(C)c2C)c(=O)[nH]1. The molecule has 1 unspecified atom stereocenters. The number of rotatable bonds is 4. The van der Waals surface area contributed by atoms with E-state index in [-0.39, 0.29) is 24.2 Å². The van der Waals surface area contributed by atoms with Crippen molar-refractivity contribution in [2.45, 2.75) is 40.3 Å². The quantitative estimate of drug-likeness (QED) is 0.799. The van der Waals surface area contributed by atoms with Crippen molar-refractivity contribution in [2.24, 2.45) is 7.05 Å². The van der Waals surface area contributed by atoms with Crippen molar-refractivity contribution in [2.75, 3.05) is 0 Å². The van der Waals surface area contributed by atoms with Gasteiger partial charge >= 0.3 is 6.03 Å². The molecule has 1 atom stereocenters. The second-order valence-electron chi connectivity index (χ2n) is 5.80. The van der Waals surface area contributed by atoms with E-state index in [9.17, 15) is 9.59 Å². The summed E-state index contributed by atoms with van der Waals surface area (Å²) in [4.78, 5) is 26.7. The van der Waals surface area contributed by atoms with Crippen molar-refractivity contribution in [3.8, 4) is 0 Å². The number of urea groups is 1. The van der Waals surface area contributed by atoms with Gasteiger partial charge in [0.25, 0.3) is 5.56 Å². The van der Waals surface area contributed by atoms with Crippen LogP contribution >= 0.6 is 0 Å². The molecule has 2 heterocycles. The molecule has 0 aliphatic heterocycles. The number of pyridine rings is 1. The average Bonchev–Trinajstić information content (AvgIpc) is 2.77. The second kappa shape index (κ2) is 6.68. The fourth-order valence-electron chi connectivity index (χ4n) is 2.54. The lowest BCUT2D eigenvalue weighted by Crippen LogP contribution is -2.38. The van der Waals surface area contributed by atoms with Crippen molar-refractivity contribution < 1.29 is 4.79 Å². The first-order valence-electron chi connectivity index (χ1n) is 7.52. The second-order valence-corrected chi connectivity index (χ2v) is 5.80. The monoisotopic (exact) mass is 317 g/mol. The predicted octanol–water partition coefficient (Wildman–Crippen LogP) is 1.59. The van der Waals surface area contributed by atoms with Crippen LogP contribution in [0.4, 0.5) is 4.79 Å². The van der Waals surface area contributed by atoms with Gasteiger partial charge in [0.1, 0.15) is 0 Å². The predicted molar refractivity (Wildman–Crippen MR) is 88.3 cm³/mol. The highest BCUT2D eigenvalue weighted by Crippen LogP contribution is 2.15. The molecule has 0 aliphatic carbocycles. The van der Waals surface area contributed by atoms with Gasteiger partial charge in [0.05, 0.1) is 18.8 Å². The van der Waals surface area contributed by atoms with Crippen LogP contribution in [-0.4, -0.2) is 20.8 Å². The maximum atomic E-state index is 12.0. The zero-order valence-electron chi connectivity index (χ0n) is 14.2. The third-order valence-corrected chi connectivity index (χ3v) is 4.01. The van der Waals surface area contributed by atoms with E-state index in [0.29, 0.717) is 5.56 Å². The lowest BCUT2D eigenvalue weighted by molar-refractivity contribution is 0.237. The lowest BCUT2D eigenvalue weighted by Gasteiger charge is -2.15. The van der Waals surface area contributed by atoms with Gasteiger partial charge < -0.3 is 15.6 Å². The number of carbonyl (C=O) groups excluding carboxylic acids is 1. The fourth-order valence-corrected chi connectivity index (χ4v) is 2.54. The van der Waals surface area contributed by atoms with Crippen molar-refractivity contribution in [3.63, 3.8) is 0 Å². The molecule has 0 fully saturated rings. The molecule has 0 spiro atoms. The van der Waals surface area contributed by atoms with Crippen LogP contribution < -0.4 is 16.2 Å². The minimum absolute atomic E-state index is 0.166. The summed E-state index contributed by atoms with van der Waals surface area (Å²) in [6.07, 6.45) is 1.75. The van der Waals surface area contributed by atoms with Gasteiger partial charge in [0.2, 0.25) is 0 Å². The molecule has 0 radical (unpaired) electrons. The van der Waals surface area contributed by atoms with Gasteiger partial charge in [-0.2, -0.15) is 5.10 Å². The van der Waals surface area contributed by atoms with E-state index in [1.807, 2.05) is 40.8 Å². The van der Waals surface area contributed by atoms with Crippen molar-refractivity contribution >= 4 is 6.03 Å². The van der Waals surface area contributed by atoms with Gasteiger partial charge in [-0.25, -0.2) is 4.79 Å². The van der Waals surface area contributed by atoms with Gasteiger partial charge in [-0.1, -0.05) is 0 Å². The molecule has 0 aliphatic rings. The standard InChI is InChI=1S/C16H23N5O2/c1-9-6-10(2)19-15(22)13(9)7-17-16(23)20-11(3)14-8-18-21(5)12(14)4/h6,8,11H,7H2,1-5H3,(H,19,22)(H2,17,20,23). The molecule has 2 aromatic heterocycles. The van der Waals surface area contributed by atoms with Crippen LogP contribution in [-0.2, 0) is 13.6 Å². The molecule has 23 heavy (non-hydrogen) atoms. The van der Waals surface area contributed by atoms with Crippen molar-refractivity contribution in [3.05, 3.63) is 50.7 Å². The summed E-state index contributed by atoms with van der Waals surface area (Å²) in [6, 6.07) is 1.40. The summed E-state index contributed by atoms with van der Waals surface area (Å²) >= 11 is 0. The molecule has 2 rings (SSSR count). The zero-order chi connectivity index (χ0) is 17.1. The highest BCUT2D eigenvalue weighted by molar-refractivity contribution is 5.74. The topological polar surface area (TPSA) is 91.8 Å².